The van der Waals surface area contributed by atoms with E-state index in [0.29, 0.717) is 18.1 Å². The molecule has 0 aliphatic carbocycles. The number of benzene rings is 1. The van der Waals surface area contributed by atoms with Crippen LogP contribution < -0.4 is 10.1 Å². The van der Waals surface area contributed by atoms with Gasteiger partial charge in [0.1, 0.15) is 0 Å². The van der Waals surface area contributed by atoms with E-state index in [9.17, 15) is 4.39 Å². The first-order chi connectivity index (χ1) is 10.1. The fourth-order valence-corrected chi connectivity index (χ4v) is 1.96. The van der Waals surface area contributed by atoms with Crippen molar-refractivity contribution in [1.29, 1.82) is 0 Å². The molecule has 114 valence electrons. The molecule has 1 unspecified atom stereocenters. The highest BCUT2D eigenvalue weighted by Crippen LogP contribution is 2.22. The van der Waals surface area contributed by atoms with E-state index in [0.717, 1.165) is 12.1 Å². The standard InChI is InChI=1S/C15H20FN3O2/c1-4-15-18-14(19-21-15)9-20-13-7-6-11(8-12(13)16)10(3)17-5-2/h6-8,10,17H,4-5,9H2,1-3H3. The number of rotatable bonds is 7. The minimum atomic E-state index is -0.392. The van der Waals surface area contributed by atoms with E-state index in [2.05, 4.69) is 15.5 Å². The summed E-state index contributed by atoms with van der Waals surface area (Å²) in [6.45, 7) is 6.84. The van der Waals surface area contributed by atoms with Crippen molar-refractivity contribution in [2.45, 2.75) is 39.8 Å². The summed E-state index contributed by atoms with van der Waals surface area (Å²) in [7, 11) is 0. The monoisotopic (exact) mass is 293 g/mol. The number of aryl methyl sites for hydroxylation is 1. The molecule has 1 heterocycles. The Morgan fingerprint density at radius 3 is 2.81 bits per heavy atom. The predicted octanol–water partition coefficient (Wildman–Crippen LogP) is 3.02. The van der Waals surface area contributed by atoms with Gasteiger partial charge in [-0.1, -0.05) is 25.1 Å². The SMILES string of the molecule is CCNC(C)c1ccc(OCc2noc(CC)n2)c(F)c1. The molecule has 0 amide bonds. The van der Waals surface area contributed by atoms with Gasteiger partial charge in [0.15, 0.2) is 18.2 Å². The summed E-state index contributed by atoms with van der Waals surface area (Å²) in [5.74, 6) is 0.752. The van der Waals surface area contributed by atoms with Crippen LogP contribution in [0.4, 0.5) is 4.39 Å². The summed E-state index contributed by atoms with van der Waals surface area (Å²) < 4.78 is 24.4. The van der Waals surface area contributed by atoms with Crippen LogP contribution in [0.1, 0.15) is 44.1 Å². The number of hydrogen-bond acceptors (Lipinski definition) is 5. The number of nitrogens with zero attached hydrogens (tertiary/aromatic N) is 2. The Balaban J connectivity index is 2.00. The zero-order valence-electron chi connectivity index (χ0n) is 12.5. The highest BCUT2D eigenvalue weighted by molar-refractivity contribution is 5.31. The van der Waals surface area contributed by atoms with Gasteiger partial charge < -0.3 is 14.6 Å². The van der Waals surface area contributed by atoms with E-state index in [-0.39, 0.29) is 18.4 Å². The van der Waals surface area contributed by atoms with E-state index >= 15 is 0 Å². The van der Waals surface area contributed by atoms with Gasteiger partial charge in [0.2, 0.25) is 11.7 Å². The average Bonchev–Trinajstić information content (AvgIpc) is 2.94. The Labute approximate surface area is 123 Å². The lowest BCUT2D eigenvalue weighted by atomic mass is 10.1. The third kappa shape index (κ3) is 4.01. The van der Waals surface area contributed by atoms with Crippen molar-refractivity contribution in [1.82, 2.24) is 15.5 Å². The fourth-order valence-electron chi connectivity index (χ4n) is 1.96. The molecule has 6 heteroatoms. The maximum Gasteiger partial charge on any atom is 0.226 e. The van der Waals surface area contributed by atoms with Crippen LogP contribution in [0.15, 0.2) is 22.7 Å². The number of nitrogens with one attached hydrogen (secondary N) is 1. The predicted molar refractivity (Wildman–Crippen MR) is 76.5 cm³/mol. The maximum absolute atomic E-state index is 14.0. The van der Waals surface area contributed by atoms with Crippen molar-refractivity contribution < 1.29 is 13.7 Å². The van der Waals surface area contributed by atoms with Crippen LogP contribution in [-0.2, 0) is 13.0 Å². The number of halogens is 1. The van der Waals surface area contributed by atoms with Crippen LogP contribution in [-0.4, -0.2) is 16.7 Å². The zero-order valence-corrected chi connectivity index (χ0v) is 12.5. The second kappa shape index (κ2) is 7.17. The van der Waals surface area contributed by atoms with Gasteiger partial charge in [0.25, 0.3) is 0 Å². The van der Waals surface area contributed by atoms with Gasteiger partial charge in [-0.15, -0.1) is 0 Å². The summed E-state index contributed by atoms with van der Waals surface area (Å²) in [6.07, 6.45) is 0.665. The third-order valence-electron chi connectivity index (χ3n) is 3.14. The number of hydrogen-bond donors (Lipinski definition) is 1. The second-order valence-electron chi connectivity index (χ2n) is 4.72. The van der Waals surface area contributed by atoms with Crippen LogP contribution in [0.5, 0.6) is 5.75 Å². The molecule has 0 spiro atoms. The van der Waals surface area contributed by atoms with E-state index in [1.807, 2.05) is 26.8 Å². The molecule has 1 aromatic carbocycles. The summed E-state index contributed by atoms with van der Waals surface area (Å²) in [5, 5.41) is 6.99. The van der Waals surface area contributed by atoms with Crippen LogP contribution in [0, 0.1) is 5.82 Å². The number of ether oxygens (including phenoxy) is 1. The molecule has 0 aliphatic rings. The third-order valence-corrected chi connectivity index (χ3v) is 3.14. The smallest absolute Gasteiger partial charge is 0.226 e. The largest absolute Gasteiger partial charge is 0.482 e. The van der Waals surface area contributed by atoms with Gasteiger partial charge >= 0.3 is 0 Å². The summed E-state index contributed by atoms with van der Waals surface area (Å²) in [6, 6.07) is 5.05. The molecule has 0 bridgehead atoms. The van der Waals surface area contributed by atoms with Crippen LogP contribution >= 0.6 is 0 Å². The van der Waals surface area contributed by atoms with Crippen LogP contribution in [0.25, 0.3) is 0 Å². The Hall–Kier alpha value is -1.95. The zero-order chi connectivity index (χ0) is 15.2. The molecule has 0 saturated heterocycles. The van der Waals surface area contributed by atoms with E-state index in [1.54, 1.807) is 6.07 Å². The first-order valence-electron chi connectivity index (χ1n) is 7.11. The summed E-state index contributed by atoms with van der Waals surface area (Å²) in [4.78, 5) is 4.11. The molecular formula is C15H20FN3O2. The maximum atomic E-state index is 14.0. The van der Waals surface area contributed by atoms with Gasteiger partial charge in [0, 0.05) is 12.5 Å². The molecule has 1 N–H and O–H groups in total. The van der Waals surface area contributed by atoms with E-state index < -0.39 is 5.82 Å². The van der Waals surface area contributed by atoms with Crippen molar-refractivity contribution in [3.63, 3.8) is 0 Å². The van der Waals surface area contributed by atoms with Crippen LogP contribution in [0.3, 0.4) is 0 Å². The molecular weight excluding hydrogens is 273 g/mol. The van der Waals surface area contributed by atoms with Gasteiger partial charge in [0.05, 0.1) is 0 Å². The lowest BCUT2D eigenvalue weighted by Gasteiger charge is -2.14. The van der Waals surface area contributed by atoms with Crippen molar-refractivity contribution >= 4 is 0 Å². The Morgan fingerprint density at radius 2 is 2.19 bits per heavy atom. The first kappa shape index (κ1) is 15.4. The Kier molecular flexibility index (Phi) is 5.27. The highest BCUT2D eigenvalue weighted by Gasteiger charge is 2.11. The minimum absolute atomic E-state index is 0.0858. The fraction of sp³-hybridized carbons (Fsp3) is 0.467. The summed E-state index contributed by atoms with van der Waals surface area (Å²) in [5.41, 5.74) is 0.884. The molecule has 0 fully saturated rings. The highest BCUT2D eigenvalue weighted by atomic mass is 19.1. The van der Waals surface area contributed by atoms with Gasteiger partial charge in [-0.25, -0.2) is 4.39 Å². The molecule has 21 heavy (non-hydrogen) atoms. The molecule has 0 saturated carbocycles. The van der Waals surface area contributed by atoms with Crippen molar-refractivity contribution in [3.05, 3.63) is 41.3 Å². The molecule has 5 nitrogen and oxygen atoms in total. The lowest BCUT2D eigenvalue weighted by molar-refractivity contribution is 0.272. The molecule has 1 atom stereocenters. The van der Waals surface area contributed by atoms with Crippen molar-refractivity contribution in [2.24, 2.45) is 0 Å². The van der Waals surface area contributed by atoms with Gasteiger partial charge in [-0.2, -0.15) is 4.98 Å². The Bertz CT molecular complexity index is 586. The molecule has 2 aromatic rings. The van der Waals surface area contributed by atoms with E-state index in [1.165, 1.54) is 6.07 Å². The topological polar surface area (TPSA) is 60.2 Å². The molecule has 0 aliphatic heterocycles. The molecule has 0 radical (unpaired) electrons. The molecule has 2 rings (SSSR count). The van der Waals surface area contributed by atoms with E-state index in [4.69, 9.17) is 9.26 Å². The first-order valence-corrected chi connectivity index (χ1v) is 7.11. The van der Waals surface area contributed by atoms with Gasteiger partial charge in [-0.05, 0) is 31.2 Å². The molecule has 1 aromatic heterocycles. The normalized spacial score (nSPS) is 12.4. The minimum Gasteiger partial charge on any atom is -0.482 e. The van der Waals surface area contributed by atoms with Crippen LogP contribution in [0.2, 0.25) is 0 Å². The van der Waals surface area contributed by atoms with Crippen molar-refractivity contribution in [3.8, 4) is 5.75 Å². The van der Waals surface area contributed by atoms with Crippen molar-refractivity contribution in [2.75, 3.05) is 6.54 Å². The average molecular weight is 293 g/mol. The quantitative estimate of drug-likeness (QED) is 0.850. The second-order valence-corrected chi connectivity index (χ2v) is 4.72. The summed E-state index contributed by atoms with van der Waals surface area (Å²) >= 11 is 0. The van der Waals surface area contributed by atoms with Gasteiger partial charge in [-0.3, -0.25) is 0 Å². The lowest BCUT2D eigenvalue weighted by Crippen LogP contribution is -2.17. The number of aromatic nitrogens is 2. The Morgan fingerprint density at radius 1 is 1.38 bits per heavy atom.